The number of hydrogen-bond acceptors (Lipinski definition) is 5. The molecular formula is C16H24N2O5. The number of rotatable bonds is 5. The van der Waals surface area contributed by atoms with Crippen molar-refractivity contribution in [2.45, 2.75) is 37.9 Å². The summed E-state index contributed by atoms with van der Waals surface area (Å²) in [6.45, 7) is 8.38. The van der Waals surface area contributed by atoms with Crippen molar-refractivity contribution in [3.8, 4) is 0 Å². The summed E-state index contributed by atoms with van der Waals surface area (Å²) < 4.78 is 11.1. The highest BCUT2D eigenvalue weighted by Gasteiger charge is 2.41. The lowest BCUT2D eigenvalue weighted by atomic mass is 9.98. The van der Waals surface area contributed by atoms with Crippen LogP contribution in [0.2, 0.25) is 0 Å². The fourth-order valence-corrected chi connectivity index (χ4v) is 2.74. The Balaban J connectivity index is 2.01. The molecule has 2 fully saturated rings. The predicted octanol–water partition coefficient (Wildman–Crippen LogP) is 1.09. The van der Waals surface area contributed by atoms with Gasteiger partial charge in [-0.3, -0.25) is 14.8 Å². The van der Waals surface area contributed by atoms with Crippen LogP contribution in [0.25, 0.3) is 0 Å². The summed E-state index contributed by atoms with van der Waals surface area (Å²) in [5, 5.41) is 10.2. The average Bonchev–Trinajstić information content (AvgIpc) is 2.50. The Labute approximate surface area is 136 Å². The zero-order chi connectivity index (χ0) is 17.1. The second kappa shape index (κ2) is 6.82. The minimum Gasteiger partial charge on any atom is -0.363 e. The van der Waals surface area contributed by atoms with E-state index in [1.54, 1.807) is 37.1 Å². The Morgan fingerprint density at radius 3 is 2.39 bits per heavy atom. The standard InChI is InChI=1S/C16H24N2O5/c1-4-6-15(2)13(19)17(9-11-22-15)8-5-7-16(3)14(20)18(21)10-12-23-16/h4-5,8,21H,1,6-7,9-12H2,2-3H3/b8-5+/t15-,16-/m0/s1. The average molecular weight is 324 g/mol. The molecule has 0 bridgehead atoms. The number of hydrogen-bond donors (Lipinski definition) is 1. The fourth-order valence-electron chi connectivity index (χ4n) is 2.74. The SMILES string of the molecule is C=CC[C@]1(C)OCCN(/C=C/C[C@]2(C)OCCN(O)C2=O)C1=O. The van der Waals surface area contributed by atoms with Crippen LogP contribution in [0.1, 0.15) is 26.7 Å². The van der Waals surface area contributed by atoms with Gasteiger partial charge in [-0.15, -0.1) is 6.58 Å². The summed E-state index contributed by atoms with van der Waals surface area (Å²) in [4.78, 5) is 26.0. The van der Waals surface area contributed by atoms with Crippen LogP contribution in [0.15, 0.2) is 24.9 Å². The smallest absolute Gasteiger partial charge is 0.278 e. The molecule has 1 N–H and O–H groups in total. The quantitative estimate of drug-likeness (QED) is 0.605. The van der Waals surface area contributed by atoms with Crippen LogP contribution in [0.3, 0.4) is 0 Å². The molecule has 2 aliphatic rings. The number of hydroxylamine groups is 2. The van der Waals surface area contributed by atoms with E-state index in [-0.39, 0.29) is 25.5 Å². The normalized spacial score (nSPS) is 32.7. The first-order valence-corrected chi connectivity index (χ1v) is 7.70. The molecule has 0 radical (unpaired) electrons. The second-order valence-corrected chi connectivity index (χ2v) is 6.17. The highest BCUT2D eigenvalue weighted by atomic mass is 16.6. The van der Waals surface area contributed by atoms with Gasteiger partial charge < -0.3 is 14.4 Å². The molecule has 0 aromatic rings. The number of morpholine rings is 2. The maximum atomic E-state index is 12.5. The molecule has 2 aliphatic heterocycles. The van der Waals surface area contributed by atoms with E-state index >= 15 is 0 Å². The summed E-state index contributed by atoms with van der Waals surface area (Å²) in [6.07, 6.45) is 5.75. The van der Waals surface area contributed by atoms with Gasteiger partial charge in [0.1, 0.15) is 11.2 Å². The number of amides is 2. The van der Waals surface area contributed by atoms with Gasteiger partial charge in [0.15, 0.2) is 0 Å². The number of carbonyl (C=O) groups excluding carboxylic acids is 2. The molecule has 2 rings (SSSR count). The largest absolute Gasteiger partial charge is 0.363 e. The highest BCUT2D eigenvalue weighted by molar-refractivity contribution is 5.86. The zero-order valence-electron chi connectivity index (χ0n) is 13.7. The third kappa shape index (κ3) is 3.63. The van der Waals surface area contributed by atoms with Gasteiger partial charge in [0.25, 0.3) is 11.8 Å². The summed E-state index contributed by atoms with van der Waals surface area (Å²) in [5.74, 6) is -0.608. The molecule has 0 unspecified atom stereocenters. The van der Waals surface area contributed by atoms with Crippen LogP contribution >= 0.6 is 0 Å². The van der Waals surface area contributed by atoms with E-state index in [1.807, 2.05) is 0 Å². The third-order valence-electron chi connectivity index (χ3n) is 4.20. The Morgan fingerprint density at radius 2 is 1.74 bits per heavy atom. The van der Waals surface area contributed by atoms with Gasteiger partial charge in [-0.25, -0.2) is 5.06 Å². The topological polar surface area (TPSA) is 79.3 Å². The van der Waals surface area contributed by atoms with E-state index in [9.17, 15) is 14.8 Å². The predicted molar refractivity (Wildman–Crippen MR) is 82.5 cm³/mol. The first-order chi connectivity index (χ1) is 10.8. The number of carbonyl (C=O) groups is 2. The molecule has 2 amide bonds. The maximum absolute atomic E-state index is 12.5. The Bertz CT molecular complexity index is 521. The Kier molecular flexibility index (Phi) is 5.23. The molecule has 0 saturated carbocycles. The van der Waals surface area contributed by atoms with Crippen LogP contribution in [-0.4, -0.2) is 64.5 Å². The molecule has 2 atom stereocenters. The van der Waals surface area contributed by atoms with Crippen molar-refractivity contribution in [2.24, 2.45) is 0 Å². The van der Waals surface area contributed by atoms with Gasteiger partial charge in [0.05, 0.1) is 19.8 Å². The molecule has 0 spiro atoms. The van der Waals surface area contributed by atoms with Crippen LogP contribution in [-0.2, 0) is 19.1 Å². The molecular weight excluding hydrogens is 300 g/mol. The van der Waals surface area contributed by atoms with E-state index in [4.69, 9.17) is 9.47 Å². The molecule has 128 valence electrons. The lowest BCUT2D eigenvalue weighted by molar-refractivity contribution is -0.211. The first-order valence-electron chi connectivity index (χ1n) is 7.70. The summed E-state index contributed by atoms with van der Waals surface area (Å²) in [6, 6.07) is 0. The van der Waals surface area contributed by atoms with Crippen LogP contribution in [0, 0.1) is 0 Å². The maximum Gasteiger partial charge on any atom is 0.278 e. The van der Waals surface area contributed by atoms with Gasteiger partial charge in [-0.1, -0.05) is 12.2 Å². The monoisotopic (exact) mass is 324 g/mol. The van der Waals surface area contributed by atoms with E-state index < -0.39 is 17.1 Å². The molecule has 0 aromatic heterocycles. The van der Waals surface area contributed by atoms with Gasteiger partial charge in [0.2, 0.25) is 0 Å². The van der Waals surface area contributed by atoms with Gasteiger partial charge >= 0.3 is 0 Å². The van der Waals surface area contributed by atoms with Gasteiger partial charge in [0, 0.05) is 25.6 Å². The van der Waals surface area contributed by atoms with Crippen LogP contribution < -0.4 is 0 Å². The number of nitrogens with zero attached hydrogens (tertiary/aromatic N) is 2. The molecule has 0 aromatic carbocycles. The first kappa shape index (κ1) is 17.7. The van der Waals surface area contributed by atoms with Gasteiger partial charge in [-0.2, -0.15) is 0 Å². The van der Waals surface area contributed by atoms with Crippen molar-refractivity contribution in [2.75, 3.05) is 26.3 Å². The minimum atomic E-state index is -1.11. The van der Waals surface area contributed by atoms with E-state index in [2.05, 4.69) is 6.58 Å². The molecule has 2 saturated heterocycles. The van der Waals surface area contributed by atoms with E-state index in [0.29, 0.717) is 24.6 Å². The van der Waals surface area contributed by atoms with Crippen molar-refractivity contribution in [3.05, 3.63) is 24.9 Å². The van der Waals surface area contributed by atoms with Crippen molar-refractivity contribution in [1.82, 2.24) is 9.96 Å². The minimum absolute atomic E-state index is 0.135. The molecule has 2 heterocycles. The van der Waals surface area contributed by atoms with Crippen molar-refractivity contribution < 1.29 is 24.3 Å². The van der Waals surface area contributed by atoms with Crippen LogP contribution in [0.4, 0.5) is 0 Å². The fraction of sp³-hybridized carbons (Fsp3) is 0.625. The number of ether oxygens (including phenoxy) is 2. The zero-order valence-corrected chi connectivity index (χ0v) is 13.7. The van der Waals surface area contributed by atoms with Crippen molar-refractivity contribution in [1.29, 1.82) is 0 Å². The summed E-state index contributed by atoms with van der Waals surface area (Å²) in [5.41, 5.74) is -2.00. The second-order valence-electron chi connectivity index (χ2n) is 6.17. The molecule has 7 nitrogen and oxygen atoms in total. The lowest BCUT2D eigenvalue weighted by Crippen LogP contribution is -2.54. The Hall–Kier alpha value is -1.70. The van der Waals surface area contributed by atoms with E-state index in [1.165, 1.54) is 0 Å². The van der Waals surface area contributed by atoms with Crippen molar-refractivity contribution in [3.63, 3.8) is 0 Å². The third-order valence-corrected chi connectivity index (χ3v) is 4.20. The Morgan fingerprint density at radius 1 is 1.13 bits per heavy atom. The van der Waals surface area contributed by atoms with E-state index in [0.717, 1.165) is 0 Å². The highest BCUT2D eigenvalue weighted by Crippen LogP contribution is 2.25. The van der Waals surface area contributed by atoms with Gasteiger partial charge in [-0.05, 0) is 13.8 Å². The summed E-state index contributed by atoms with van der Waals surface area (Å²) in [7, 11) is 0. The van der Waals surface area contributed by atoms with Crippen LogP contribution in [0.5, 0.6) is 0 Å². The molecule has 23 heavy (non-hydrogen) atoms. The summed E-state index contributed by atoms with van der Waals surface area (Å²) >= 11 is 0. The lowest BCUT2D eigenvalue weighted by Gasteiger charge is -2.38. The molecule has 7 heteroatoms. The molecule has 0 aliphatic carbocycles. The van der Waals surface area contributed by atoms with Crippen molar-refractivity contribution >= 4 is 11.8 Å².